The first-order valence-electron chi connectivity index (χ1n) is 6.61. The molecule has 1 heterocycles. The Bertz CT molecular complexity index is 557. The van der Waals surface area contributed by atoms with Crippen molar-refractivity contribution in [2.45, 2.75) is 31.7 Å². The summed E-state index contributed by atoms with van der Waals surface area (Å²) in [5.74, 6) is 1.19. The van der Waals surface area contributed by atoms with Gasteiger partial charge < -0.3 is 9.88 Å². The van der Waals surface area contributed by atoms with E-state index in [1.165, 1.54) is 18.7 Å². The molecule has 0 aliphatic heterocycles. The van der Waals surface area contributed by atoms with Crippen molar-refractivity contribution in [1.82, 2.24) is 14.9 Å². The second-order valence-corrected chi connectivity index (χ2v) is 5.35. The van der Waals surface area contributed by atoms with Crippen molar-refractivity contribution in [3.8, 4) is 0 Å². The summed E-state index contributed by atoms with van der Waals surface area (Å²) in [5, 5.41) is 4.01. The Kier molecular flexibility index (Phi) is 3.27. The Labute approximate surface area is 112 Å². The van der Waals surface area contributed by atoms with Gasteiger partial charge in [-0.3, -0.25) is 0 Å². The second-order valence-electron chi connectivity index (χ2n) is 4.94. The zero-order chi connectivity index (χ0) is 12.5. The molecule has 0 saturated heterocycles. The fourth-order valence-corrected chi connectivity index (χ4v) is 2.74. The molecule has 18 heavy (non-hydrogen) atoms. The zero-order valence-corrected chi connectivity index (χ0v) is 11.4. The summed E-state index contributed by atoms with van der Waals surface area (Å²) in [6, 6.07) is 6.62. The molecule has 0 unspecified atom stereocenters. The molecule has 1 aromatic carbocycles. The highest BCUT2D eigenvalue weighted by Crippen LogP contribution is 2.40. The summed E-state index contributed by atoms with van der Waals surface area (Å²) in [6.45, 7) is 1.03. The first-order valence-corrected chi connectivity index (χ1v) is 6.99. The molecule has 1 N–H and O–H groups in total. The van der Waals surface area contributed by atoms with Gasteiger partial charge in [-0.25, -0.2) is 4.98 Å². The van der Waals surface area contributed by atoms with Crippen LogP contribution in [0.2, 0.25) is 5.02 Å². The number of benzene rings is 1. The van der Waals surface area contributed by atoms with Gasteiger partial charge in [0, 0.05) is 12.5 Å². The predicted octanol–water partition coefficient (Wildman–Crippen LogP) is 3.18. The molecule has 0 radical (unpaired) electrons. The highest BCUT2D eigenvalue weighted by molar-refractivity contribution is 6.35. The monoisotopic (exact) mass is 263 g/mol. The van der Waals surface area contributed by atoms with Gasteiger partial charge in [0.15, 0.2) is 0 Å². The van der Waals surface area contributed by atoms with Gasteiger partial charge in [0.2, 0.25) is 0 Å². The number of aromatic nitrogens is 2. The molecule has 0 atom stereocenters. The van der Waals surface area contributed by atoms with E-state index >= 15 is 0 Å². The largest absolute Gasteiger partial charge is 0.324 e. The minimum absolute atomic E-state index is 0.625. The van der Waals surface area contributed by atoms with Gasteiger partial charge in [0.05, 0.1) is 16.1 Å². The molecule has 3 rings (SSSR count). The fourth-order valence-electron chi connectivity index (χ4n) is 2.48. The van der Waals surface area contributed by atoms with Crippen LogP contribution in [-0.4, -0.2) is 23.1 Å². The number of imidazole rings is 1. The van der Waals surface area contributed by atoms with Crippen LogP contribution in [0.5, 0.6) is 0 Å². The number of nitrogens with zero attached hydrogens (tertiary/aromatic N) is 2. The third-order valence-electron chi connectivity index (χ3n) is 3.47. The second kappa shape index (κ2) is 4.90. The Hall–Kier alpha value is -1.06. The van der Waals surface area contributed by atoms with Crippen LogP contribution in [0.25, 0.3) is 11.0 Å². The molecular weight excluding hydrogens is 246 g/mol. The lowest BCUT2D eigenvalue weighted by Gasteiger charge is -2.08. The van der Waals surface area contributed by atoms with Gasteiger partial charge in [-0.05, 0) is 45.0 Å². The Balaban J connectivity index is 2.01. The molecule has 4 heteroatoms. The molecule has 1 fully saturated rings. The summed E-state index contributed by atoms with van der Waals surface area (Å²) >= 11 is 6.34. The van der Waals surface area contributed by atoms with E-state index in [9.17, 15) is 0 Å². The van der Waals surface area contributed by atoms with E-state index < -0.39 is 0 Å². The van der Waals surface area contributed by atoms with E-state index in [1.807, 2.05) is 19.2 Å². The Morgan fingerprint density at radius 3 is 3.00 bits per heavy atom. The van der Waals surface area contributed by atoms with Crippen molar-refractivity contribution < 1.29 is 0 Å². The van der Waals surface area contributed by atoms with Crippen LogP contribution in [0.4, 0.5) is 0 Å². The third-order valence-corrected chi connectivity index (χ3v) is 3.78. The normalized spacial score (nSPS) is 15.4. The number of hydrogen-bond donors (Lipinski definition) is 1. The van der Waals surface area contributed by atoms with Crippen molar-refractivity contribution in [2.75, 3.05) is 13.6 Å². The third kappa shape index (κ3) is 2.13. The molecule has 0 spiro atoms. The van der Waals surface area contributed by atoms with Crippen molar-refractivity contribution in [1.29, 1.82) is 0 Å². The van der Waals surface area contributed by atoms with Crippen molar-refractivity contribution in [2.24, 2.45) is 0 Å². The number of nitrogens with one attached hydrogen (secondary N) is 1. The van der Waals surface area contributed by atoms with Crippen LogP contribution in [0.15, 0.2) is 18.2 Å². The van der Waals surface area contributed by atoms with Crippen LogP contribution in [0.3, 0.4) is 0 Å². The maximum atomic E-state index is 6.34. The molecule has 2 aromatic rings. The van der Waals surface area contributed by atoms with Gasteiger partial charge in [-0.15, -0.1) is 0 Å². The molecule has 96 valence electrons. The van der Waals surface area contributed by atoms with Gasteiger partial charge >= 0.3 is 0 Å². The number of rotatable bonds is 5. The standard InChI is InChI=1S/C14H18ClN3/c1-16-9-3-6-13-17-12-5-2-4-11(15)14(12)18(13)10-7-8-10/h2,4-5,10,16H,3,6-9H2,1H3. The van der Waals surface area contributed by atoms with Crippen LogP contribution in [-0.2, 0) is 6.42 Å². The minimum atomic E-state index is 0.625. The van der Waals surface area contributed by atoms with Crippen LogP contribution < -0.4 is 5.32 Å². The lowest BCUT2D eigenvalue weighted by molar-refractivity contribution is 0.649. The number of hydrogen-bond acceptors (Lipinski definition) is 2. The smallest absolute Gasteiger partial charge is 0.110 e. The van der Waals surface area contributed by atoms with E-state index in [4.69, 9.17) is 16.6 Å². The van der Waals surface area contributed by atoms with E-state index in [-0.39, 0.29) is 0 Å². The minimum Gasteiger partial charge on any atom is -0.324 e. The fraction of sp³-hybridized carbons (Fsp3) is 0.500. The van der Waals surface area contributed by atoms with Crippen LogP contribution >= 0.6 is 11.6 Å². The Morgan fingerprint density at radius 1 is 1.44 bits per heavy atom. The molecule has 1 aliphatic carbocycles. The highest BCUT2D eigenvalue weighted by atomic mass is 35.5. The number of fused-ring (bicyclic) bond motifs is 1. The van der Waals surface area contributed by atoms with Gasteiger partial charge in [0.1, 0.15) is 5.82 Å². The molecule has 1 saturated carbocycles. The van der Waals surface area contributed by atoms with Gasteiger partial charge in [0.25, 0.3) is 0 Å². The number of para-hydroxylation sites is 1. The van der Waals surface area contributed by atoms with Gasteiger partial charge in [-0.1, -0.05) is 17.7 Å². The van der Waals surface area contributed by atoms with E-state index in [2.05, 4.69) is 16.0 Å². The zero-order valence-electron chi connectivity index (χ0n) is 10.6. The van der Waals surface area contributed by atoms with Crippen LogP contribution in [0.1, 0.15) is 31.1 Å². The molecule has 0 bridgehead atoms. The topological polar surface area (TPSA) is 29.9 Å². The van der Waals surface area contributed by atoms with Crippen molar-refractivity contribution >= 4 is 22.6 Å². The highest BCUT2D eigenvalue weighted by Gasteiger charge is 2.28. The van der Waals surface area contributed by atoms with E-state index in [0.29, 0.717) is 6.04 Å². The van der Waals surface area contributed by atoms with Crippen molar-refractivity contribution in [3.05, 3.63) is 29.0 Å². The lowest BCUT2D eigenvalue weighted by atomic mass is 10.3. The van der Waals surface area contributed by atoms with Gasteiger partial charge in [-0.2, -0.15) is 0 Å². The Morgan fingerprint density at radius 2 is 2.28 bits per heavy atom. The predicted molar refractivity (Wildman–Crippen MR) is 75.3 cm³/mol. The average molecular weight is 264 g/mol. The summed E-state index contributed by atoms with van der Waals surface area (Å²) in [5.41, 5.74) is 2.16. The first-order chi connectivity index (χ1) is 8.81. The summed E-state index contributed by atoms with van der Waals surface area (Å²) in [4.78, 5) is 4.76. The maximum Gasteiger partial charge on any atom is 0.110 e. The summed E-state index contributed by atoms with van der Waals surface area (Å²) in [6.07, 6.45) is 4.65. The number of aryl methyl sites for hydroxylation is 1. The summed E-state index contributed by atoms with van der Waals surface area (Å²) in [7, 11) is 1.99. The quantitative estimate of drug-likeness (QED) is 0.840. The maximum absolute atomic E-state index is 6.34. The average Bonchev–Trinajstić information content (AvgIpc) is 3.12. The summed E-state index contributed by atoms with van der Waals surface area (Å²) < 4.78 is 2.37. The molecule has 1 aromatic heterocycles. The van der Waals surface area contributed by atoms with E-state index in [1.54, 1.807) is 0 Å². The lowest BCUT2D eigenvalue weighted by Crippen LogP contribution is -2.10. The molecular formula is C14H18ClN3. The van der Waals surface area contributed by atoms with E-state index in [0.717, 1.165) is 35.4 Å². The van der Waals surface area contributed by atoms with Crippen molar-refractivity contribution in [3.63, 3.8) is 0 Å². The molecule has 1 aliphatic rings. The van der Waals surface area contributed by atoms with Crippen LogP contribution in [0, 0.1) is 0 Å². The molecule has 0 amide bonds. The molecule has 3 nitrogen and oxygen atoms in total. The first kappa shape index (κ1) is 12.0. The number of halogens is 1. The SMILES string of the molecule is CNCCCc1nc2cccc(Cl)c2n1C1CC1.